The molecule has 0 bridgehead atoms. The van der Waals surface area contributed by atoms with Gasteiger partial charge in [-0.15, -0.1) is 0 Å². The van der Waals surface area contributed by atoms with Crippen LogP contribution in [0.15, 0.2) is 24.4 Å². The second-order valence-corrected chi connectivity index (χ2v) is 2.48. The number of hydrogen-bond donors (Lipinski definition) is 1. The Balaban J connectivity index is 3.06. The van der Waals surface area contributed by atoms with Gasteiger partial charge in [-0.05, 0) is 19.0 Å². The summed E-state index contributed by atoms with van der Waals surface area (Å²) in [6, 6.07) is 0. The molecule has 0 aliphatic carbocycles. The van der Waals surface area contributed by atoms with Gasteiger partial charge in [0.15, 0.2) is 0 Å². The van der Waals surface area contributed by atoms with Crippen molar-refractivity contribution in [2.24, 2.45) is 0 Å². The van der Waals surface area contributed by atoms with Crippen LogP contribution in [-0.2, 0) is 0 Å². The molecule has 11 heavy (non-hydrogen) atoms. The van der Waals surface area contributed by atoms with Gasteiger partial charge in [0.2, 0.25) is 0 Å². The lowest BCUT2D eigenvalue weighted by atomic mass is 10.3. The predicted molar refractivity (Wildman–Crippen MR) is 51.5 cm³/mol. The summed E-state index contributed by atoms with van der Waals surface area (Å²) in [7, 11) is 0. The fourth-order valence-electron chi connectivity index (χ4n) is 0.705. The van der Waals surface area contributed by atoms with Gasteiger partial charge in [-0.1, -0.05) is 38.5 Å². The molecule has 0 atom stereocenters. The Bertz CT molecular complexity index is 114. The maximum absolute atomic E-state index is 3.18. The predicted octanol–water partition coefficient (Wildman–Crippen LogP) is 2.86. The summed E-state index contributed by atoms with van der Waals surface area (Å²) in [4.78, 5) is 0. The van der Waals surface area contributed by atoms with Crippen LogP contribution < -0.4 is 5.32 Å². The molecular formula is C10H19N. The van der Waals surface area contributed by atoms with E-state index in [1.54, 1.807) is 0 Å². The van der Waals surface area contributed by atoms with E-state index in [1.807, 2.05) is 6.20 Å². The lowest BCUT2D eigenvalue weighted by molar-refractivity contribution is 0.931. The monoisotopic (exact) mass is 153 g/mol. The molecule has 0 fully saturated rings. The van der Waals surface area contributed by atoms with Gasteiger partial charge < -0.3 is 5.32 Å². The Morgan fingerprint density at radius 2 is 1.91 bits per heavy atom. The highest BCUT2D eigenvalue weighted by atomic mass is 14.8. The molecule has 0 aliphatic heterocycles. The molecule has 0 aromatic rings. The third kappa shape index (κ3) is 9.28. The van der Waals surface area contributed by atoms with E-state index >= 15 is 0 Å². The molecule has 0 aromatic heterocycles. The lowest BCUT2D eigenvalue weighted by Crippen LogP contribution is -2.02. The molecule has 0 aliphatic rings. The summed E-state index contributed by atoms with van der Waals surface area (Å²) in [6.45, 7) is 5.27. The SMILES string of the molecule is CCC=CNC/C=C\CCC. The minimum Gasteiger partial charge on any atom is -0.388 e. The molecule has 1 heteroatoms. The molecule has 0 saturated heterocycles. The standard InChI is InChI=1S/C10H19N/c1-3-5-7-8-10-11-9-6-4-2/h6-9,11H,3-5,10H2,1-2H3/b8-7-,9-6?. The van der Waals surface area contributed by atoms with Crippen LogP contribution in [0.4, 0.5) is 0 Å². The molecule has 0 saturated carbocycles. The molecule has 0 spiro atoms. The summed E-state index contributed by atoms with van der Waals surface area (Å²) >= 11 is 0. The van der Waals surface area contributed by atoms with Gasteiger partial charge in [0.25, 0.3) is 0 Å². The van der Waals surface area contributed by atoms with E-state index in [1.165, 1.54) is 12.8 Å². The molecule has 0 rings (SSSR count). The first-order valence-corrected chi connectivity index (χ1v) is 4.45. The average Bonchev–Trinajstić information content (AvgIpc) is 2.03. The van der Waals surface area contributed by atoms with Gasteiger partial charge in [0.1, 0.15) is 0 Å². The summed E-state index contributed by atoms with van der Waals surface area (Å²) < 4.78 is 0. The number of allylic oxidation sites excluding steroid dienone is 2. The van der Waals surface area contributed by atoms with Crippen LogP contribution in [-0.4, -0.2) is 6.54 Å². The van der Waals surface area contributed by atoms with E-state index < -0.39 is 0 Å². The molecule has 0 heterocycles. The van der Waals surface area contributed by atoms with Crippen molar-refractivity contribution in [2.75, 3.05) is 6.54 Å². The Morgan fingerprint density at radius 1 is 1.09 bits per heavy atom. The van der Waals surface area contributed by atoms with E-state index in [4.69, 9.17) is 0 Å². The minimum atomic E-state index is 0.955. The average molecular weight is 153 g/mol. The minimum absolute atomic E-state index is 0.955. The van der Waals surface area contributed by atoms with Gasteiger partial charge in [0.05, 0.1) is 0 Å². The highest BCUT2D eigenvalue weighted by Gasteiger charge is 1.73. The topological polar surface area (TPSA) is 12.0 Å². The smallest absolute Gasteiger partial charge is 0.0325 e. The second kappa shape index (κ2) is 9.28. The van der Waals surface area contributed by atoms with Crippen LogP contribution in [0, 0.1) is 0 Å². The van der Waals surface area contributed by atoms with Gasteiger partial charge in [-0.3, -0.25) is 0 Å². The maximum Gasteiger partial charge on any atom is 0.0325 e. The zero-order valence-corrected chi connectivity index (χ0v) is 7.64. The van der Waals surface area contributed by atoms with Crippen LogP contribution in [0.5, 0.6) is 0 Å². The first-order chi connectivity index (χ1) is 5.41. The molecule has 1 N–H and O–H groups in total. The van der Waals surface area contributed by atoms with Crippen LogP contribution in [0.2, 0.25) is 0 Å². The van der Waals surface area contributed by atoms with E-state index in [0.717, 1.165) is 13.0 Å². The van der Waals surface area contributed by atoms with Crippen molar-refractivity contribution < 1.29 is 0 Å². The molecule has 0 unspecified atom stereocenters. The largest absolute Gasteiger partial charge is 0.388 e. The van der Waals surface area contributed by atoms with E-state index in [-0.39, 0.29) is 0 Å². The van der Waals surface area contributed by atoms with Crippen LogP contribution >= 0.6 is 0 Å². The molecular weight excluding hydrogens is 134 g/mol. The van der Waals surface area contributed by atoms with E-state index in [9.17, 15) is 0 Å². The quantitative estimate of drug-likeness (QED) is 0.457. The third-order valence-corrected chi connectivity index (χ3v) is 1.33. The molecule has 64 valence electrons. The zero-order chi connectivity index (χ0) is 8.36. The normalized spacial score (nSPS) is 11.5. The van der Waals surface area contributed by atoms with Crippen LogP contribution in [0.3, 0.4) is 0 Å². The number of hydrogen-bond acceptors (Lipinski definition) is 1. The highest BCUT2D eigenvalue weighted by molar-refractivity contribution is 4.87. The molecule has 1 nitrogen and oxygen atoms in total. The van der Waals surface area contributed by atoms with Gasteiger partial charge >= 0.3 is 0 Å². The third-order valence-electron chi connectivity index (χ3n) is 1.33. The summed E-state index contributed by atoms with van der Waals surface area (Å²) in [5.41, 5.74) is 0. The molecule has 0 amide bonds. The van der Waals surface area contributed by atoms with E-state index in [0.29, 0.717) is 0 Å². The van der Waals surface area contributed by atoms with Crippen molar-refractivity contribution in [2.45, 2.75) is 33.1 Å². The fourth-order valence-corrected chi connectivity index (χ4v) is 0.705. The maximum atomic E-state index is 3.18. The Morgan fingerprint density at radius 3 is 2.55 bits per heavy atom. The first-order valence-electron chi connectivity index (χ1n) is 4.45. The number of nitrogens with one attached hydrogen (secondary N) is 1. The van der Waals surface area contributed by atoms with Crippen molar-refractivity contribution in [3.8, 4) is 0 Å². The van der Waals surface area contributed by atoms with Crippen LogP contribution in [0.1, 0.15) is 33.1 Å². The summed E-state index contributed by atoms with van der Waals surface area (Å²) in [6.07, 6.45) is 12.0. The van der Waals surface area contributed by atoms with Crippen molar-refractivity contribution >= 4 is 0 Å². The Hall–Kier alpha value is -0.720. The van der Waals surface area contributed by atoms with E-state index in [2.05, 4.69) is 37.4 Å². The van der Waals surface area contributed by atoms with Gasteiger partial charge in [0, 0.05) is 6.54 Å². The van der Waals surface area contributed by atoms with Gasteiger partial charge in [-0.25, -0.2) is 0 Å². The number of rotatable bonds is 6. The molecule has 0 radical (unpaired) electrons. The highest BCUT2D eigenvalue weighted by Crippen LogP contribution is 1.86. The lowest BCUT2D eigenvalue weighted by Gasteiger charge is -1.92. The van der Waals surface area contributed by atoms with Crippen molar-refractivity contribution in [1.82, 2.24) is 5.32 Å². The zero-order valence-electron chi connectivity index (χ0n) is 7.64. The van der Waals surface area contributed by atoms with Crippen molar-refractivity contribution in [3.05, 3.63) is 24.4 Å². The Labute approximate surface area is 70.2 Å². The fraction of sp³-hybridized carbons (Fsp3) is 0.600. The second-order valence-electron chi connectivity index (χ2n) is 2.48. The van der Waals surface area contributed by atoms with Crippen molar-refractivity contribution in [1.29, 1.82) is 0 Å². The van der Waals surface area contributed by atoms with Crippen LogP contribution in [0.25, 0.3) is 0 Å². The summed E-state index contributed by atoms with van der Waals surface area (Å²) in [5.74, 6) is 0. The van der Waals surface area contributed by atoms with Gasteiger partial charge in [-0.2, -0.15) is 0 Å². The molecule has 0 aromatic carbocycles. The first kappa shape index (κ1) is 10.3. The Kier molecular flexibility index (Phi) is 8.67. The summed E-state index contributed by atoms with van der Waals surface area (Å²) in [5, 5.41) is 3.18. The van der Waals surface area contributed by atoms with Crippen molar-refractivity contribution in [3.63, 3.8) is 0 Å². The number of unbranched alkanes of at least 4 members (excludes halogenated alkanes) is 1.